The number of ether oxygens (including phenoxy) is 1. The third-order valence-corrected chi connectivity index (χ3v) is 2.80. The lowest BCUT2D eigenvalue weighted by molar-refractivity contribution is -0.172. The molecule has 9 heteroatoms. The summed E-state index contributed by atoms with van der Waals surface area (Å²) in [4.78, 5) is 24.5. The number of para-hydroxylation sites is 1. The van der Waals surface area contributed by atoms with Gasteiger partial charge in [-0.1, -0.05) is 18.2 Å². The first-order valence-corrected chi connectivity index (χ1v) is 6.80. The Morgan fingerprint density at radius 1 is 1.43 bits per heavy atom. The fourth-order valence-corrected chi connectivity index (χ4v) is 1.84. The minimum atomic E-state index is -0.524. The Balaban J connectivity index is 2.25. The van der Waals surface area contributed by atoms with Crippen LogP contribution in [-0.2, 0) is 16.2 Å². The maximum absolute atomic E-state index is 11.3. The van der Waals surface area contributed by atoms with Gasteiger partial charge in [0.1, 0.15) is 11.6 Å². The first kappa shape index (κ1) is 16.3. The molecule has 23 heavy (non-hydrogen) atoms. The summed E-state index contributed by atoms with van der Waals surface area (Å²) in [6, 6.07) is 7.31. The topological polar surface area (TPSA) is 119 Å². The average molecular weight is 318 g/mol. The first-order valence-electron chi connectivity index (χ1n) is 6.80. The highest BCUT2D eigenvalue weighted by atomic mass is 16.7. The van der Waals surface area contributed by atoms with Crippen molar-refractivity contribution in [1.29, 1.82) is 0 Å². The summed E-state index contributed by atoms with van der Waals surface area (Å²) >= 11 is 0. The van der Waals surface area contributed by atoms with Gasteiger partial charge < -0.3 is 15.3 Å². The summed E-state index contributed by atoms with van der Waals surface area (Å²) in [5, 5.41) is 7.67. The van der Waals surface area contributed by atoms with Gasteiger partial charge in [-0.2, -0.15) is 15.0 Å². The zero-order valence-corrected chi connectivity index (χ0v) is 13.1. The van der Waals surface area contributed by atoms with Gasteiger partial charge in [0.2, 0.25) is 5.96 Å². The monoisotopic (exact) mass is 318 g/mol. The summed E-state index contributed by atoms with van der Waals surface area (Å²) in [6.45, 7) is 3.18. The number of carbonyl (C=O) groups is 1. The predicted octanol–water partition coefficient (Wildman–Crippen LogP) is 1.05. The second-order valence-corrected chi connectivity index (χ2v) is 4.62. The Kier molecular flexibility index (Phi) is 5.13. The predicted molar refractivity (Wildman–Crippen MR) is 82.7 cm³/mol. The summed E-state index contributed by atoms with van der Waals surface area (Å²) in [5.41, 5.74) is 6.69. The Morgan fingerprint density at radius 2 is 2.17 bits per heavy atom. The van der Waals surface area contributed by atoms with Crippen LogP contribution < -0.4 is 10.5 Å². The minimum absolute atomic E-state index is 0.0508. The molecule has 0 bridgehead atoms. The average Bonchev–Trinajstić information content (AvgIpc) is 2.91. The van der Waals surface area contributed by atoms with Crippen molar-refractivity contribution in [2.24, 2.45) is 10.7 Å². The number of aromatic nitrogens is 3. The van der Waals surface area contributed by atoms with Gasteiger partial charge in [-0.05, 0) is 13.0 Å². The third-order valence-electron chi connectivity index (χ3n) is 2.80. The molecule has 0 aliphatic heterocycles. The van der Waals surface area contributed by atoms with Gasteiger partial charge in [0.15, 0.2) is 0 Å². The van der Waals surface area contributed by atoms with Crippen LogP contribution in [0.15, 0.2) is 29.3 Å². The van der Waals surface area contributed by atoms with Gasteiger partial charge in [0.05, 0.1) is 13.7 Å². The van der Waals surface area contributed by atoms with E-state index in [1.165, 1.54) is 6.92 Å². The molecule has 1 heterocycles. The van der Waals surface area contributed by atoms with Crippen molar-refractivity contribution in [3.05, 3.63) is 35.7 Å². The van der Waals surface area contributed by atoms with Crippen LogP contribution in [0.5, 0.6) is 5.75 Å². The van der Waals surface area contributed by atoms with Gasteiger partial charge in [0.25, 0.3) is 5.95 Å². The van der Waals surface area contributed by atoms with E-state index in [-0.39, 0.29) is 18.5 Å². The molecule has 0 unspecified atom stereocenters. The number of rotatable bonds is 4. The van der Waals surface area contributed by atoms with Gasteiger partial charge >= 0.3 is 5.97 Å². The van der Waals surface area contributed by atoms with E-state index in [2.05, 4.69) is 20.2 Å². The van der Waals surface area contributed by atoms with Gasteiger partial charge in [-0.25, -0.2) is 0 Å². The lowest BCUT2D eigenvalue weighted by Crippen LogP contribution is -2.38. The van der Waals surface area contributed by atoms with Crippen LogP contribution in [0.2, 0.25) is 0 Å². The third kappa shape index (κ3) is 4.43. The van der Waals surface area contributed by atoms with E-state index < -0.39 is 5.97 Å². The second-order valence-electron chi connectivity index (χ2n) is 4.62. The molecular formula is C14H18N6O3. The maximum atomic E-state index is 11.3. The maximum Gasteiger partial charge on any atom is 0.329 e. The molecule has 1 aromatic heterocycles. The van der Waals surface area contributed by atoms with E-state index in [0.29, 0.717) is 11.6 Å². The summed E-state index contributed by atoms with van der Waals surface area (Å²) < 4.78 is 5.28. The Bertz CT molecular complexity index is 712. The Labute approximate surface area is 133 Å². The molecule has 0 spiro atoms. The Morgan fingerprint density at radius 3 is 2.78 bits per heavy atom. The summed E-state index contributed by atoms with van der Waals surface area (Å²) in [5.74, 6) is 0.818. The first-order chi connectivity index (χ1) is 11.0. The van der Waals surface area contributed by atoms with Crippen molar-refractivity contribution in [2.75, 3.05) is 7.11 Å². The minimum Gasteiger partial charge on any atom is -0.496 e. The van der Waals surface area contributed by atoms with E-state index in [4.69, 9.17) is 15.3 Å². The molecular weight excluding hydrogens is 300 g/mol. The van der Waals surface area contributed by atoms with Crippen LogP contribution >= 0.6 is 0 Å². The van der Waals surface area contributed by atoms with E-state index >= 15 is 0 Å². The van der Waals surface area contributed by atoms with Gasteiger partial charge in [-0.3, -0.25) is 9.89 Å². The zero-order chi connectivity index (χ0) is 16.8. The lowest BCUT2D eigenvalue weighted by atomic mass is 10.2. The lowest BCUT2D eigenvalue weighted by Gasteiger charge is -2.21. The molecule has 0 fully saturated rings. The van der Waals surface area contributed by atoms with Crippen molar-refractivity contribution in [3.63, 3.8) is 0 Å². The number of methoxy groups -OCH3 is 1. The molecule has 0 aliphatic rings. The molecule has 3 N–H and O–H groups in total. The van der Waals surface area contributed by atoms with Crippen molar-refractivity contribution in [3.8, 4) is 5.75 Å². The number of carbonyl (C=O) groups excluding carboxylic acids is 1. The number of aromatic amines is 1. The van der Waals surface area contributed by atoms with E-state index in [9.17, 15) is 4.79 Å². The van der Waals surface area contributed by atoms with Crippen LogP contribution in [0, 0.1) is 6.92 Å². The highest BCUT2D eigenvalue weighted by Gasteiger charge is 2.16. The molecule has 0 atom stereocenters. The van der Waals surface area contributed by atoms with Crippen molar-refractivity contribution >= 4 is 17.9 Å². The van der Waals surface area contributed by atoms with Crippen molar-refractivity contribution in [2.45, 2.75) is 20.4 Å². The number of hydroxylamine groups is 2. The van der Waals surface area contributed by atoms with Crippen LogP contribution in [0.3, 0.4) is 0 Å². The number of benzene rings is 1. The molecule has 9 nitrogen and oxygen atoms in total. The molecule has 122 valence electrons. The molecule has 0 aliphatic carbocycles. The number of guanidine groups is 1. The van der Waals surface area contributed by atoms with Gasteiger partial charge in [-0.15, -0.1) is 5.10 Å². The number of aryl methyl sites for hydroxylation is 1. The van der Waals surface area contributed by atoms with Crippen LogP contribution in [0.4, 0.5) is 5.95 Å². The number of nitrogens with zero attached hydrogens (tertiary/aromatic N) is 4. The van der Waals surface area contributed by atoms with Crippen molar-refractivity contribution < 1.29 is 14.4 Å². The highest BCUT2D eigenvalue weighted by Crippen LogP contribution is 2.19. The number of nitrogens with one attached hydrogen (secondary N) is 1. The van der Waals surface area contributed by atoms with E-state index in [1.807, 2.05) is 18.2 Å². The number of H-pyrrole nitrogens is 1. The number of hydrogen-bond acceptors (Lipinski definition) is 6. The van der Waals surface area contributed by atoms with Crippen molar-refractivity contribution in [1.82, 2.24) is 20.2 Å². The SMILES string of the molecule is COc1ccccc1CN(OC(C)=O)/C(N)=N/c1n[nH]c(C)n1. The quantitative estimate of drug-likeness (QED) is 0.491. The molecule has 0 saturated carbocycles. The van der Waals surface area contributed by atoms with Crippen LogP contribution in [-0.4, -0.2) is 39.3 Å². The molecule has 0 amide bonds. The molecule has 0 radical (unpaired) electrons. The van der Waals surface area contributed by atoms with Crippen LogP contribution in [0.1, 0.15) is 18.3 Å². The summed E-state index contributed by atoms with van der Waals surface area (Å²) in [7, 11) is 1.56. The zero-order valence-electron chi connectivity index (χ0n) is 13.1. The number of hydrogen-bond donors (Lipinski definition) is 2. The molecule has 1 aromatic carbocycles. The fraction of sp³-hybridized carbons (Fsp3) is 0.286. The number of nitrogens with two attached hydrogens (primary N) is 1. The van der Waals surface area contributed by atoms with Gasteiger partial charge in [0, 0.05) is 12.5 Å². The number of aliphatic imine (C=N–C) groups is 1. The highest BCUT2D eigenvalue weighted by molar-refractivity contribution is 5.80. The summed E-state index contributed by atoms with van der Waals surface area (Å²) in [6.07, 6.45) is 0. The standard InChI is InChI=1S/C14H18N6O3/c1-9-16-14(19-18-9)17-13(15)20(23-10(2)21)8-11-6-4-5-7-12(11)22-3/h4-7H,8H2,1-3H3,(H3,15,16,17,18,19). The Hall–Kier alpha value is -3.10. The van der Waals surface area contributed by atoms with E-state index in [1.54, 1.807) is 20.1 Å². The molecule has 2 rings (SSSR count). The largest absolute Gasteiger partial charge is 0.496 e. The second kappa shape index (κ2) is 7.25. The smallest absolute Gasteiger partial charge is 0.329 e. The normalized spacial score (nSPS) is 11.2. The molecule has 0 saturated heterocycles. The van der Waals surface area contributed by atoms with Crippen LogP contribution in [0.25, 0.3) is 0 Å². The van der Waals surface area contributed by atoms with E-state index in [0.717, 1.165) is 10.6 Å². The molecule has 2 aromatic rings. The fourth-order valence-electron chi connectivity index (χ4n) is 1.84.